The van der Waals surface area contributed by atoms with Crippen molar-refractivity contribution in [1.29, 1.82) is 0 Å². The van der Waals surface area contributed by atoms with Crippen LogP contribution in [-0.4, -0.2) is 57.1 Å². The van der Waals surface area contributed by atoms with Gasteiger partial charge in [0, 0.05) is 18.7 Å². The minimum atomic E-state index is -3.83. The van der Waals surface area contributed by atoms with Crippen molar-refractivity contribution in [3.63, 3.8) is 0 Å². The van der Waals surface area contributed by atoms with Crippen LogP contribution in [0.15, 0.2) is 48.5 Å². The number of anilines is 1. The zero-order chi connectivity index (χ0) is 24.8. The van der Waals surface area contributed by atoms with Crippen molar-refractivity contribution in [3.05, 3.63) is 59.9 Å². The Morgan fingerprint density at radius 3 is 2.27 bits per heavy atom. The number of nitrogens with one attached hydrogen (secondary N) is 1. The Balaban J connectivity index is 2.39. The van der Waals surface area contributed by atoms with Crippen molar-refractivity contribution in [2.45, 2.75) is 39.4 Å². The SMILES string of the molecule is COc1cccc(N(CC(=O)N(Cc2ccc(F)cc2)C(C)C(=O)NC(C)C)S(C)(=O)=O)c1. The quantitative estimate of drug-likeness (QED) is 0.565. The fourth-order valence-electron chi connectivity index (χ4n) is 3.15. The standard InChI is InChI=1S/C23H30FN3O5S/c1-16(2)25-23(29)17(3)26(14-18-9-11-19(24)12-10-18)22(28)15-27(33(5,30)31)20-7-6-8-21(13-20)32-4/h6-13,16-17H,14-15H2,1-5H3,(H,25,29). The van der Waals surface area contributed by atoms with Gasteiger partial charge in [0.25, 0.3) is 0 Å². The second-order valence-corrected chi connectivity index (χ2v) is 9.87. The van der Waals surface area contributed by atoms with Gasteiger partial charge in [-0.3, -0.25) is 13.9 Å². The van der Waals surface area contributed by atoms with Crippen LogP contribution in [-0.2, 0) is 26.2 Å². The Bertz CT molecular complexity index is 1070. The van der Waals surface area contributed by atoms with Gasteiger partial charge in [-0.15, -0.1) is 0 Å². The first-order valence-corrected chi connectivity index (χ1v) is 12.2. The summed E-state index contributed by atoms with van der Waals surface area (Å²) < 4.78 is 44.5. The van der Waals surface area contributed by atoms with Gasteiger partial charge < -0.3 is 15.0 Å². The molecule has 1 atom stereocenters. The lowest BCUT2D eigenvalue weighted by atomic mass is 10.1. The number of ether oxygens (including phenoxy) is 1. The lowest BCUT2D eigenvalue weighted by Gasteiger charge is -2.32. The molecule has 0 bridgehead atoms. The van der Waals surface area contributed by atoms with Gasteiger partial charge in [0.15, 0.2) is 0 Å². The van der Waals surface area contributed by atoms with E-state index >= 15 is 0 Å². The molecule has 0 saturated carbocycles. The first-order chi connectivity index (χ1) is 15.4. The molecule has 2 aromatic rings. The van der Waals surface area contributed by atoms with Crippen LogP contribution in [0.1, 0.15) is 26.3 Å². The van der Waals surface area contributed by atoms with E-state index in [1.165, 1.54) is 42.3 Å². The van der Waals surface area contributed by atoms with Gasteiger partial charge >= 0.3 is 0 Å². The second kappa shape index (κ2) is 11.1. The molecular weight excluding hydrogens is 449 g/mol. The molecule has 8 nitrogen and oxygen atoms in total. The normalized spacial score (nSPS) is 12.2. The van der Waals surface area contributed by atoms with Crippen LogP contribution in [0.25, 0.3) is 0 Å². The zero-order valence-corrected chi connectivity index (χ0v) is 20.2. The predicted molar refractivity (Wildman–Crippen MR) is 125 cm³/mol. The van der Waals surface area contributed by atoms with Crippen LogP contribution < -0.4 is 14.4 Å². The molecule has 2 rings (SSSR count). The average molecular weight is 480 g/mol. The molecule has 0 fully saturated rings. The van der Waals surface area contributed by atoms with E-state index in [-0.39, 0.29) is 24.2 Å². The largest absolute Gasteiger partial charge is 0.497 e. The number of hydrogen-bond donors (Lipinski definition) is 1. The van der Waals surface area contributed by atoms with Crippen LogP contribution >= 0.6 is 0 Å². The van der Waals surface area contributed by atoms with E-state index in [2.05, 4.69) is 5.32 Å². The smallest absolute Gasteiger partial charge is 0.244 e. The number of hydrogen-bond acceptors (Lipinski definition) is 5. The van der Waals surface area contributed by atoms with E-state index < -0.39 is 34.3 Å². The molecule has 0 aliphatic carbocycles. The highest BCUT2D eigenvalue weighted by atomic mass is 32.2. The van der Waals surface area contributed by atoms with Gasteiger partial charge in [-0.25, -0.2) is 12.8 Å². The monoisotopic (exact) mass is 479 g/mol. The highest BCUT2D eigenvalue weighted by molar-refractivity contribution is 7.92. The van der Waals surface area contributed by atoms with E-state index in [9.17, 15) is 22.4 Å². The van der Waals surface area contributed by atoms with Gasteiger partial charge in [0.2, 0.25) is 21.8 Å². The number of halogens is 1. The molecule has 0 aliphatic rings. The average Bonchev–Trinajstić information content (AvgIpc) is 2.75. The highest BCUT2D eigenvalue weighted by Crippen LogP contribution is 2.23. The molecule has 180 valence electrons. The number of carbonyl (C=O) groups is 2. The van der Waals surface area contributed by atoms with Crippen LogP contribution in [0.5, 0.6) is 5.75 Å². The van der Waals surface area contributed by atoms with E-state index in [0.29, 0.717) is 11.3 Å². The number of nitrogens with zero attached hydrogens (tertiary/aromatic N) is 2. The Hall–Kier alpha value is -3.14. The maximum Gasteiger partial charge on any atom is 0.244 e. The van der Waals surface area contributed by atoms with Crippen molar-refractivity contribution < 1.29 is 27.1 Å². The Morgan fingerprint density at radius 2 is 1.73 bits per heavy atom. The molecule has 0 spiro atoms. The number of rotatable bonds is 10. The summed E-state index contributed by atoms with van der Waals surface area (Å²) in [6.45, 7) is 4.64. The number of carbonyl (C=O) groups excluding carboxylic acids is 2. The maximum absolute atomic E-state index is 13.4. The van der Waals surface area contributed by atoms with Gasteiger partial charge in [-0.05, 0) is 50.6 Å². The first-order valence-electron chi connectivity index (χ1n) is 10.4. The third kappa shape index (κ3) is 7.45. The summed E-state index contributed by atoms with van der Waals surface area (Å²) in [6.07, 6.45) is 0.999. The lowest BCUT2D eigenvalue weighted by Crippen LogP contribution is -2.52. The van der Waals surface area contributed by atoms with Crippen LogP contribution in [0.4, 0.5) is 10.1 Å². The third-order valence-corrected chi connectivity index (χ3v) is 6.03. The molecule has 10 heteroatoms. The maximum atomic E-state index is 13.4. The van der Waals surface area contributed by atoms with Crippen molar-refractivity contribution in [3.8, 4) is 5.75 Å². The summed E-state index contributed by atoms with van der Waals surface area (Å²) in [5.74, 6) is -0.961. The molecule has 0 saturated heterocycles. The Labute approximate surface area is 194 Å². The fraction of sp³-hybridized carbons (Fsp3) is 0.391. The van der Waals surface area contributed by atoms with E-state index in [4.69, 9.17) is 4.74 Å². The van der Waals surface area contributed by atoms with Crippen LogP contribution in [0.3, 0.4) is 0 Å². The molecule has 33 heavy (non-hydrogen) atoms. The Kier molecular flexibility index (Phi) is 8.81. The number of sulfonamides is 1. The summed E-state index contributed by atoms with van der Waals surface area (Å²) in [5.41, 5.74) is 0.854. The molecular formula is C23H30FN3O5S. The molecule has 2 amide bonds. The van der Waals surface area contributed by atoms with Gasteiger partial charge in [-0.1, -0.05) is 18.2 Å². The highest BCUT2D eigenvalue weighted by Gasteiger charge is 2.30. The van der Waals surface area contributed by atoms with Gasteiger partial charge in [-0.2, -0.15) is 0 Å². The van der Waals surface area contributed by atoms with E-state index in [1.807, 2.05) is 0 Å². The first kappa shape index (κ1) is 26.1. The summed E-state index contributed by atoms with van der Waals surface area (Å²) in [4.78, 5) is 27.3. The summed E-state index contributed by atoms with van der Waals surface area (Å²) in [6, 6.07) is 10.8. The number of amides is 2. The molecule has 0 aromatic heterocycles. The zero-order valence-electron chi connectivity index (χ0n) is 19.4. The number of methoxy groups -OCH3 is 1. The van der Waals surface area contributed by atoms with Gasteiger partial charge in [0.05, 0.1) is 19.1 Å². The molecule has 1 unspecified atom stereocenters. The Morgan fingerprint density at radius 1 is 1.09 bits per heavy atom. The van der Waals surface area contributed by atoms with Crippen LogP contribution in [0.2, 0.25) is 0 Å². The molecule has 1 N–H and O–H groups in total. The molecule has 0 radical (unpaired) electrons. The van der Waals surface area contributed by atoms with Crippen LogP contribution in [0, 0.1) is 5.82 Å². The third-order valence-electron chi connectivity index (χ3n) is 4.88. The lowest BCUT2D eigenvalue weighted by molar-refractivity contribution is -0.139. The van der Waals surface area contributed by atoms with E-state index in [0.717, 1.165) is 10.6 Å². The van der Waals surface area contributed by atoms with Gasteiger partial charge in [0.1, 0.15) is 24.2 Å². The van der Waals surface area contributed by atoms with Crippen molar-refractivity contribution >= 4 is 27.5 Å². The fourth-order valence-corrected chi connectivity index (χ4v) is 4.00. The molecule has 2 aromatic carbocycles. The number of benzene rings is 2. The minimum Gasteiger partial charge on any atom is -0.497 e. The summed E-state index contributed by atoms with van der Waals surface area (Å²) in [7, 11) is -2.38. The predicted octanol–water partition coefficient (Wildman–Crippen LogP) is 2.54. The van der Waals surface area contributed by atoms with Crippen molar-refractivity contribution in [1.82, 2.24) is 10.2 Å². The topological polar surface area (TPSA) is 96.0 Å². The second-order valence-electron chi connectivity index (χ2n) is 7.96. The molecule has 0 heterocycles. The summed E-state index contributed by atoms with van der Waals surface area (Å²) >= 11 is 0. The minimum absolute atomic E-state index is 0.00150. The molecule has 0 aliphatic heterocycles. The van der Waals surface area contributed by atoms with E-state index in [1.54, 1.807) is 39.0 Å². The summed E-state index contributed by atoms with van der Waals surface area (Å²) in [5, 5.41) is 2.76. The van der Waals surface area contributed by atoms with Crippen molar-refractivity contribution in [2.24, 2.45) is 0 Å². The van der Waals surface area contributed by atoms with Crippen molar-refractivity contribution in [2.75, 3.05) is 24.2 Å².